The van der Waals surface area contributed by atoms with Crippen molar-refractivity contribution >= 4 is 29.9 Å². The van der Waals surface area contributed by atoms with Crippen molar-refractivity contribution in [3.05, 3.63) is 23.8 Å². The topological polar surface area (TPSA) is 73.3 Å². The molecule has 4 rings (SSSR count). The predicted molar refractivity (Wildman–Crippen MR) is 137 cm³/mol. The van der Waals surface area contributed by atoms with E-state index in [2.05, 4.69) is 35.8 Å². The molecular formula is C24H38IN3O4. The molecule has 7 nitrogen and oxygen atoms in total. The van der Waals surface area contributed by atoms with Crippen molar-refractivity contribution in [1.82, 2.24) is 10.6 Å². The molecule has 1 aromatic carbocycles. The highest BCUT2D eigenvalue weighted by molar-refractivity contribution is 14.0. The number of aliphatic imine (C=N–C) groups is 1. The summed E-state index contributed by atoms with van der Waals surface area (Å²) in [5.41, 5.74) is 1.39. The Balaban J connectivity index is 0.00000289. The molecule has 0 spiro atoms. The molecular weight excluding hydrogens is 521 g/mol. The second-order valence-corrected chi connectivity index (χ2v) is 8.68. The van der Waals surface area contributed by atoms with Crippen molar-refractivity contribution in [2.75, 3.05) is 52.7 Å². The van der Waals surface area contributed by atoms with Gasteiger partial charge in [-0.2, -0.15) is 0 Å². The van der Waals surface area contributed by atoms with E-state index in [9.17, 15) is 0 Å². The Morgan fingerprint density at radius 2 is 1.94 bits per heavy atom. The van der Waals surface area contributed by atoms with Crippen molar-refractivity contribution in [2.45, 2.75) is 57.0 Å². The Hall–Kier alpha value is -1.26. The molecule has 1 unspecified atom stereocenters. The number of fused-ring (bicyclic) bond motifs is 1. The highest BCUT2D eigenvalue weighted by atomic mass is 127. The minimum atomic E-state index is 0. The van der Waals surface area contributed by atoms with E-state index in [0.29, 0.717) is 13.2 Å². The van der Waals surface area contributed by atoms with Gasteiger partial charge in [0.25, 0.3) is 0 Å². The van der Waals surface area contributed by atoms with Crippen molar-refractivity contribution < 1.29 is 18.9 Å². The summed E-state index contributed by atoms with van der Waals surface area (Å²) in [7, 11) is 0. The molecule has 2 fully saturated rings. The van der Waals surface area contributed by atoms with E-state index < -0.39 is 0 Å². The minimum Gasteiger partial charge on any atom is -0.486 e. The predicted octanol–water partition coefficient (Wildman–Crippen LogP) is 3.64. The van der Waals surface area contributed by atoms with Crippen LogP contribution in [0.15, 0.2) is 23.2 Å². The number of rotatable bonds is 9. The summed E-state index contributed by atoms with van der Waals surface area (Å²) in [6.45, 7) is 8.12. The average molecular weight is 559 g/mol. The number of ether oxygens (including phenoxy) is 4. The molecule has 1 aromatic rings. The standard InChI is InChI=1S/C24H37N3O4.HI/c1-2-25-23(26-11-5-12-29-20-8-13-28-17-20)27-18-24(9-3-4-10-24)19-6-7-21-22(16-19)31-15-14-30-21;/h6-7,16,20H,2-5,8-15,17-18H2,1H3,(H2,25,26,27);1H. The molecule has 0 amide bonds. The molecule has 1 atom stereocenters. The van der Waals surface area contributed by atoms with Crippen LogP contribution in [0.5, 0.6) is 11.5 Å². The summed E-state index contributed by atoms with van der Waals surface area (Å²) in [4.78, 5) is 4.99. The number of guanidine groups is 1. The van der Waals surface area contributed by atoms with Crippen molar-refractivity contribution in [3.63, 3.8) is 0 Å². The molecule has 8 heteroatoms. The van der Waals surface area contributed by atoms with Crippen LogP contribution in [0.1, 0.15) is 51.0 Å². The second-order valence-electron chi connectivity index (χ2n) is 8.68. The fraction of sp³-hybridized carbons (Fsp3) is 0.708. The van der Waals surface area contributed by atoms with Gasteiger partial charge in [-0.05, 0) is 50.3 Å². The third kappa shape index (κ3) is 6.63. The summed E-state index contributed by atoms with van der Waals surface area (Å²) in [6.07, 6.45) is 7.05. The minimum absolute atomic E-state index is 0. The van der Waals surface area contributed by atoms with Gasteiger partial charge in [0.2, 0.25) is 0 Å². The second kappa shape index (κ2) is 12.8. The Labute approximate surface area is 209 Å². The summed E-state index contributed by atoms with van der Waals surface area (Å²) in [5, 5.41) is 6.86. The lowest BCUT2D eigenvalue weighted by atomic mass is 9.79. The normalized spacial score (nSPS) is 21.8. The molecule has 2 N–H and O–H groups in total. The molecule has 3 aliphatic rings. The summed E-state index contributed by atoms with van der Waals surface area (Å²) >= 11 is 0. The molecule has 0 bridgehead atoms. The summed E-state index contributed by atoms with van der Waals surface area (Å²) in [5.74, 6) is 2.61. The quantitative estimate of drug-likeness (QED) is 0.209. The van der Waals surface area contributed by atoms with Gasteiger partial charge in [-0.1, -0.05) is 18.9 Å². The molecule has 32 heavy (non-hydrogen) atoms. The average Bonchev–Trinajstić information content (AvgIpc) is 3.50. The van der Waals surface area contributed by atoms with Gasteiger partial charge in [-0.25, -0.2) is 0 Å². The van der Waals surface area contributed by atoms with Crippen LogP contribution in [0.4, 0.5) is 0 Å². The lowest BCUT2D eigenvalue weighted by Crippen LogP contribution is -2.39. The number of nitrogens with one attached hydrogen (secondary N) is 2. The van der Waals surface area contributed by atoms with Crippen LogP contribution in [-0.4, -0.2) is 64.7 Å². The third-order valence-corrected chi connectivity index (χ3v) is 6.45. The first-order valence-electron chi connectivity index (χ1n) is 11.9. The zero-order valence-corrected chi connectivity index (χ0v) is 21.5. The van der Waals surface area contributed by atoms with Crippen LogP contribution in [0, 0.1) is 0 Å². The molecule has 0 radical (unpaired) electrons. The lowest BCUT2D eigenvalue weighted by molar-refractivity contribution is 0.0420. The third-order valence-electron chi connectivity index (χ3n) is 6.45. The molecule has 2 aliphatic heterocycles. The maximum Gasteiger partial charge on any atom is 0.191 e. The van der Waals surface area contributed by atoms with Crippen LogP contribution in [0.3, 0.4) is 0 Å². The van der Waals surface area contributed by atoms with Crippen LogP contribution >= 0.6 is 24.0 Å². The van der Waals surface area contributed by atoms with Gasteiger partial charge in [0.15, 0.2) is 17.5 Å². The van der Waals surface area contributed by atoms with Crippen molar-refractivity contribution in [1.29, 1.82) is 0 Å². The molecule has 180 valence electrons. The van der Waals surface area contributed by atoms with Crippen LogP contribution in [0.25, 0.3) is 0 Å². The van der Waals surface area contributed by atoms with Gasteiger partial charge in [-0.3, -0.25) is 4.99 Å². The fourth-order valence-electron chi connectivity index (χ4n) is 4.71. The number of halogens is 1. The zero-order valence-electron chi connectivity index (χ0n) is 19.2. The van der Waals surface area contributed by atoms with Gasteiger partial charge in [0.05, 0.1) is 19.3 Å². The monoisotopic (exact) mass is 559 g/mol. The Morgan fingerprint density at radius 1 is 1.12 bits per heavy atom. The number of hydrogen-bond acceptors (Lipinski definition) is 5. The van der Waals surface area contributed by atoms with E-state index in [4.69, 9.17) is 23.9 Å². The first kappa shape index (κ1) is 25.4. The Morgan fingerprint density at radius 3 is 2.69 bits per heavy atom. The largest absolute Gasteiger partial charge is 0.486 e. The summed E-state index contributed by atoms with van der Waals surface area (Å²) < 4.78 is 22.8. The Bertz CT molecular complexity index is 734. The van der Waals surface area contributed by atoms with Gasteiger partial charge in [-0.15, -0.1) is 24.0 Å². The highest BCUT2D eigenvalue weighted by Gasteiger charge is 2.36. The number of nitrogens with zero attached hydrogens (tertiary/aromatic N) is 1. The van der Waals surface area contributed by atoms with E-state index in [-0.39, 0.29) is 35.5 Å². The van der Waals surface area contributed by atoms with Gasteiger partial charge < -0.3 is 29.6 Å². The maximum absolute atomic E-state index is 5.86. The smallest absolute Gasteiger partial charge is 0.191 e. The SMILES string of the molecule is CCNC(=NCC1(c2ccc3c(c2)OCCO3)CCCC1)NCCCOC1CCOC1.I. The van der Waals surface area contributed by atoms with Crippen molar-refractivity contribution in [2.24, 2.45) is 4.99 Å². The molecule has 1 saturated heterocycles. The zero-order chi connectivity index (χ0) is 21.4. The van der Waals surface area contributed by atoms with E-state index in [1.54, 1.807) is 0 Å². The van der Waals surface area contributed by atoms with E-state index in [1.165, 1.54) is 18.4 Å². The van der Waals surface area contributed by atoms with Gasteiger partial charge in [0, 0.05) is 31.7 Å². The molecule has 0 aromatic heterocycles. The van der Waals surface area contributed by atoms with Gasteiger partial charge >= 0.3 is 0 Å². The highest BCUT2D eigenvalue weighted by Crippen LogP contribution is 2.44. The van der Waals surface area contributed by atoms with Crippen LogP contribution < -0.4 is 20.1 Å². The van der Waals surface area contributed by atoms with E-state index >= 15 is 0 Å². The van der Waals surface area contributed by atoms with Crippen LogP contribution in [0.2, 0.25) is 0 Å². The van der Waals surface area contributed by atoms with Gasteiger partial charge in [0.1, 0.15) is 13.2 Å². The van der Waals surface area contributed by atoms with E-state index in [0.717, 1.165) is 82.6 Å². The summed E-state index contributed by atoms with van der Waals surface area (Å²) in [6, 6.07) is 6.45. The number of hydrogen-bond donors (Lipinski definition) is 2. The molecule has 1 saturated carbocycles. The molecule has 1 aliphatic carbocycles. The van der Waals surface area contributed by atoms with Crippen LogP contribution in [-0.2, 0) is 14.9 Å². The van der Waals surface area contributed by atoms with Crippen molar-refractivity contribution in [3.8, 4) is 11.5 Å². The Kier molecular flexibility index (Phi) is 10.2. The lowest BCUT2D eigenvalue weighted by Gasteiger charge is -2.30. The van der Waals surface area contributed by atoms with E-state index in [1.807, 2.05) is 0 Å². The first-order valence-corrected chi connectivity index (χ1v) is 11.9. The maximum atomic E-state index is 5.86. The first-order chi connectivity index (χ1) is 15.3. The fourth-order valence-corrected chi connectivity index (χ4v) is 4.71. The molecule has 2 heterocycles. The number of benzene rings is 1.